The van der Waals surface area contributed by atoms with E-state index in [4.69, 9.17) is 4.74 Å². The fraction of sp³-hybridized carbons (Fsp3) is 0.667. The van der Waals surface area contributed by atoms with E-state index in [0.29, 0.717) is 17.2 Å². The van der Waals surface area contributed by atoms with E-state index in [1.54, 1.807) is 7.05 Å². The van der Waals surface area contributed by atoms with Gasteiger partial charge in [0.25, 0.3) is 5.91 Å². The number of thiophene rings is 1. The van der Waals surface area contributed by atoms with Crippen molar-refractivity contribution in [1.82, 2.24) is 4.90 Å². The van der Waals surface area contributed by atoms with Gasteiger partial charge in [-0.25, -0.2) is 13.2 Å². The smallest absolute Gasteiger partial charge is 0.349 e. The van der Waals surface area contributed by atoms with Crippen molar-refractivity contribution in [2.45, 2.75) is 51.7 Å². The second-order valence-corrected chi connectivity index (χ2v) is 10.8. The summed E-state index contributed by atoms with van der Waals surface area (Å²) in [7, 11) is -1.50. The molecule has 0 radical (unpaired) electrons. The quantitative estimate of drug-likeness (QED) is 0.724. The van der Waals surface area contributed by atoms with Crippen LogP contribution >= 0.6 is 11.3 Å². The zero-order valence-electron chi connectivity index (χ0n) is 15.4. The highest BCUT2D eigenvalue weighted by atomic mass is 32.2. The standard InChI is InChI=1S/C18H25NO5S2/c1-11-4-5-15-13(8-11)9-16(25-15)18(21)24-12(2)17(20)19(3)14-6-7-26(22,23)10-14/h9,11-12,14H,4-8,10H2,1-3H3/t11-,12+,14-/m1/s1. The lowest BCUT2D eigenvalue weighted by atomic mass is 9.90. The number of fused-ring (bicyclic) bond motifs is 1. The van der Waals surface area contributed by atoms with E-state index in [2.05, 4.69) is 6.92 Å². The maximum absolute atomic E-state index is 12.5. The Morgan fingerprint density at radius 1 is 1.35 bits per heavy atom. The van der Waals surface area contributed by atoms with Gasteiger partial charge in [0.2, 0.25) is 0 Å². The van der Waals surface area contributed by atoms with Crippen LogP contribution < -0.4 is 0 Å². The average molecular weight is 400 g/mol. The minimum atomic E-state index is -3.07. The Morgan fingerprint density at radius 2 is 2.08 bits per heavy atom. The van der Waals surface area contributed by atoms with Gasteiger partial charge < -0.3 is 9.64 Å². The predicted molar refractivity (Wildman–Crippen MR) is 100 cm³/mol. The Bertz CT molecular complexity index is 814. The van der Waals surface area contributed by atoms with E-state index in [1.165, 1.54) is 33.6 Å². The molecule has 0 aromatic carbocycles. The molecule has 1 aliphatic carbocycles. The lowest BCUT2D eigenvalue weighted by Crippen LogP contribution is -2.44. The highest BCUT2D eigenvalue weighted by Crippen LogP contribution is 2.32. The number of amides is 1. The molecule has 1 fully saturated rings. The van der Waals surface area contributed by atoms with E-state index in [0.717, 1.165) is 19.3 Å². The van der Waals surface area contributed by atoms with Crippen LogP contribution in [0.2, 0.25) is 0 Å². The zero-order valence-corrected chi connectivity index (χ0v) is 17.0. The molecule has 144 valence electrons. The number of hydrogen-bond acceptors (Lipinski definition) is 6. The zero-order chi connectivity index (χ0) is 19.1. The van der Waals surface area contributed by atoms with E-state index < -0.39 is 21.9 Å². The molecular formula is C18H25NO5S2. The predicted octanol–water partition coefficient (Wildman–Crippen LogP) is 2.06. The summed E-state index contributed by atoms with van der Waals surface area (Å²) in [5, 5.41) is 0. The Morgan fingerprint density at radius 3 is 2.73 bits per heavy atom. The van der Waals surface area contributed by atoms with Crippen LogP contribution in [-0.4, -0.2) is 55.9 Å². The van der Waals surface area contributed by atoms with Gasteiger partial charge in [0.1, 0.15) is 4.88 Å². The van der Waals surface area contributed by atoms with E-state index in [-0.39, 0.29) is 23.5 Å². The molecule has 1 saturated heterocycles. The molecule has 26 heavy (non-hydrogen) atoms. The molecule has 3 atom stereocenters. The summed E-state index contributed by atoms with van der Waals surface area (Å²) in [6, 6.07) is 1.55. The van der Waals surface area contributed by atoms with Crippen LogP contribution in [0.5, 0.6) is 0 Å². The molecule has 8 heteroatoms. The molecule has 2 heterocycles. The van der Waals surface area contributed by atoms with Crippen LogP contribution in [-0.2, 0) is 32.2 Å². The van der Waals surface area contributed by atoms with Crippen molar-refractivity contribution in [2.24, 2.45) is 5.92 Å². The minimum Gasteiger partial charge on any atom is -0.448 e. The highest BCUT2D eigenvalue weighted by molar-refractivity contribution is 7.91. The van der Waals surface area contributed by atoms with Gasteiger partial charge in [-0.2, -0.15) is 0 Å². The lowest BCUT2D eigenvalue weighted by molar-refractivity contribution is -0.140. The van der Waals surface area contributed by atoms with Gasteiger partial charge in [0.15, 0.2) is 15.9 Å². The Kier molecular flexibility index (Phi) is 5.44. The number of carbonyl (C=O) groups is 2. The summed E-state index contributed by atoms with van der Waals surface area (Å²) in [6.07, 6.45) is 2.59. The monoisotopic (exact) mass is 399 g/mol. The number of aryl methyl sites for hydroxylation is 1. The molecular weight excluding hydrogens is 374 g/mol. The van der Waals surface area contributed by atoms with Crippen LogP contribution in [0.25, 0.3) is 0 Å². The molecule has 2 aliphatic rings. The van der Waals surface area contributed by atoms with E-state index in [9.17, 15) is 18.0 Å². The summed E-state index contributed by atoms with van der Waals surface area (Å²) in [5.74, 6) is -0.146. The normalized spacial score (nSPS) is 25.3. The van der Waals surface area contributed by atoms with Gasteiger partial charge in [0.05, 0.1) is 11.5 Å². The second kappa shape index (κ2) is 7.31. The molecule has 1 aliphatic heterocycles. The highest BCUT2D eigenvalue weighted by Gasteiger charge is 2.35. The Hall–Kier alpha value is -1.41. The molecule has 0 unspecified atom stereocenters. The van der Waals surface area contributed by atoms with Crippen molar-refractivity contribution < 1.29 is 22.7 Å². The number of carbonyl (C=O) groups excluding carboxylic acids is 2. The van der Waals surface area contributed by atoms with Crippen molar-refractivity contribution in [1.29, 1.82) is 0 Å². The molecule has 0 spiro atoms. The minimum absolute atomic E-state index is 0.0221. The van der Waals surface area contributed by atoms with Crippen molar-refractivity contribution >= 4 is 33.1 Å². The van der Waals surface area contributed by atoms with Crippen molar-refractivity contribution in [3.63, 3.8) is 0 Å². The number of ether oxygens (including phenoxy) is 1. The van der Waals surface area contributed by atoms with Crippen LogP contribution in [0.1, 0.15) is 46.8 Å². The number of esters is 1. The average Bonchev–Trinajstić information content (AvgIpc) is 3.15. The first kappa shape index (κ1) is 19.4. The summed E-state index contributed by atoms with van der Waals surface area (Å²) >= 11 is 1.45. The summed E-state index contributed by atoms with van der Waals surface area (Å²) < 4.78 is 28.6. The summed E-state index contributed by atoms with van der Waals surface area (Å²) in [6.45, 7) is 3.74. The number of likely N-dealkylation sites (N-methyl/N-ethyl adjacent to an activating group) is 1. The maximum atomic E-state index is 12.5. The third kappa shape index (κ3) is 4.11. The first-order chi connectivity index (χ1) is 12.2. The van der Waals surface area contributed by atoms with Gasteiger partial charge in [-0.05, 0) is 50.2 Å². The van der Waals surface area contributed by atoms with Gasteiger partial charge in [-0.15, -0.1) is 11.3 Å². The van der Waals surface area contributed by atoms with E-state index in [1.807, 2.05) is 6.07 Å². The van der Waals surface area contributed by atoms with Crippen molar-refractivity contribution in [3.05, 3.63) is 21.4 Å². The fourth-order valence-corrected chi connectivity index (χ4v) is 6.49. The van der Waals surface area contributed by atoms with Gasteiger partial charge in [-0.1, -0.05) is 6.92 Å². The van der Waals surface area contributed by atoms with Gasteiger partial charge in [-0.3, -0.25) is 4.79 Å². The largest absolute Gasteiger partial charge is 0.448 e. The molecule has 3 rings (SSSR count). The Balaban J connectivity index is 1.61. The lowest BCUT2D eigenvalue weighted by Gasteiger charge is -2.26. The van der Waals surface area contributed by atoms with Crippen LogP contribution in [0.15, 0.2) is 6.07 Å². The van der Waals surface area contributed by atoms with Gasteiger partial charge >= 0.3 is 5.97 Å². The molecule has 6 nitrogen and oxygen atoms in total. The molecule has 0 bridgehead atoms. The molecule has 1 aromatic rings. The van der Waals surface area contributed by atoms with Gasteiger partial charge in [0, 0.05) is 18.0 Å². The molecule has 0 saturated carbocycles. The third-order valence-electron chi connectivity index (χ3n) is 5.27. The summed E-state index contributed by atoms with van der Waals surface area (Å²) in [4.78, 5) is 28.1. The fourth-order valence-electron chi connectivity index (χ4n) is 3.62. The maximum Gasteiger partial charge on any atom is 0.349 e. The SMILES string of the molecule is C[C@@H]1CCc2sc(C(=O)O[C@@H](C)C(=O)N(C)[C@@H]3CCS(=O)(=O)C3)cc2C1. The van der Waals surface area contributed by atoms with Crippen LogP contribution in [0, 0.1) is 5.92 Å². The topological polar surface area (TPSA) is 80.8 Å². The number of hydrogen-bond donors (Lipinski definition) is 0. The first-order valence-corrected chi connectivity index (χ1v) is 11.6. The third-order valence-corrected chi connectivity index (χ3v) is 8.23. The summed E-state index contributed by atoms with van der Waals surface area (Å²) in [5.41, 5.74) is 1.22. The number of nitrogens with zero attached hydrogens (tertiary/aromatic N) is 1. The number of rotatable bonds is 4. The Labute approximate surface area is 158 Å². The molecule has 1 amide bonds. The van der Waals surface area contributed by atoms with Crippen LogP contribution in [0.3, 0.4) is 0 Å². The number of sulfone groups is 1. The molecule has 0 N–H and O–H groups in total. The van der Waals surface area contributed by atoms with Crippen molar-refractivity contribution in [2.75, 3.05) is 18.6 Å². The van der Waals surface area contributed by atoms with E-state index >= 15 is 0 Å². The van der Waals surface area contributed by atoms with Crippen molar-refractivity contribution in [3.8, 4) is 0 Å². The first-order valence-electron chi connectivity index (χ1n) is 8.96. The molecule has 1 aromatic heterocycles. The van der Waals surface area contributed by atoms with Crippen LogP contribution in [0.4, 0.5) is 0 Å². The second-order valence-electron chi connectivity index (χ2n) is 7.46.